The number of rotatable bonds is 9. The molecular formula is C27H24N4O3. The molecule has 0 bridgehead atoms. The summed E-state index contributed by atoms with van der Waals surface area (Å²) >= 11 is 0. The van der Waals surface area contributed by atoms with Crippen LogP contribution in [0.25, 0.3) is 0 Å². The van der Waals surface area contributed by atoms with Gasteiger partial charge in [0.25, 0.3) is 0 Å². The molecular weight excluding hydrogens is 428 g/mol. The molecule has 170 valence electrons. The summed E-state index contributed by atoms with van der Waals surface area (Å²) in [6.07, 6.45) is 2.88. The molecule has 3 aromatic carbocycles. The molecule has 2 atom stereocenters. The average Bonchev–Trinajstić information content (AvgIpc) is 3.41. The zero-order chi connectivity index (χ0) is 23.9. The average molecular weight is 453 g/mol. The van der Waals surface area contributed by atoms with Crippen molar-refractivity contribution in [1.29, 1.82) is 0 Å². The minimum Gasteiger partial charge on any atom is -0.343 e. The number of carbonyl (C=O) groups is 3. The Morgan fingerprint density at radius 1 is 0.853 bits per heavy atom. The molecule has 0 aliphatic carbocycles. The summed E-state index contributed by atoms with van der Waals surface area (Å²) in [5.41, 5.74) is 2.27. The summed E-state index contributed by atoms with van der Waals surface area (Å²) in [6.45, 7) is 1.90. The lowest BCUT2D eigenvalue weighted by atomic mass is 9.94. The molecule has 1 unspecified atom stereocenters. The van der Waals surface area contributed by atoms with Gasteiger partial charge in [-0.15, -0.1) is 0 Å². The quantitative estimate of drug-likeness (QED) is 0.391. The van der Waals surface area contributed by atoms with Gasteiger partial charge in [0.2, 0.25) is 5.91 Å². The first-order chi connectivity index (χ1) is 16.5. The molecule has 0 spiro atoms. The van der Waals surface area contributed by atoms with E-state index in [2.05, 4.69) is 15.4 Å². The topological polar surface area (TPSA) is 93.9 Å². The first-order valence-corrected chi connectivity index (χ1v) is 10.9. The lowest BCUT2D eigenvalue weighted by Gasteiger charge is -2.21. The predicted octanol–water partition coefficient (Wildman–Crippen LogP) is 3.68. The number of hydrogen-bond acceptors (Lipinski definition) is 5. The number of hydrogen-bond donors (Lipinski definition) is 1. The molecule has 1 N–H and O–H groups in total. The Bertz CT molecular complexity index is 1270. The monoisotopic (exact) mass is 452 g/mol. The Kier molecular flexibility index (Phi) is 7.03. The van der Waals surface area contributed by atoms with E-state index < -0.39 is 12.0 Å². The van der Waals surface area contributed by atoms with E-state index in [0.29, 0.717) is 22.3 Å². The van der Waals surface area contributed by atoms with Gasteiger partial charge in [0.1, 0.15) is 18.7 Å². The number of nitrogens with one attached hydrogen (secondary N) is 1. The van der Waals surface area contributed by atoms with Gasteiger partial charge < -0.3 is 5.32 Å². The van der Waals surface area contributed by atoms with Gasteiger partial charge in [0.15, 0.2) is 11.6 Å². The van der Waals surface area contributed by atoms with Crippen LogP contribution in [-0.2, 0) is 11.3 Å². The van der Waals surface area contributed by atoms with Crippen LogP contribution in [0.4, 0.5) is 0 Å². The smallest absolute Gasteiger partial charge is 0.227 e. The molecule has 1 amide bonds. The van der Waals surface area contributed by atoms with E-state index in [4.69, 9.17) is 0 Å². The summed E-state index contributed by atoms with van der Waals surface area (Å²) in [5.74, 6) is -1.23. The van der Waals surface area contributed by atoms with Crippen molar-refractivity contribution in [3.05, 3.63) is 120 Å². The van der Waals surface area contributed by atoms with E-state index in [1.54, 1.807) is 67.6 Å². The van der Waals surface area contributed by atoms with E-state index in [-0.39, 0.29) is 24.0 Å². The van der Waals surface area contributed by atoms with Crippen LogP contribution in [-0.4, -0.2) is 38.3 Å². The maximum absolute atomic E-state index is 13.2. The van der Waals surface area contributed by atoms with E-state index in [9.17, 15) is 14.4 Å². The molecule has 1 heterocycles. The summed E-state index contributed by atoms with van der Waals surface area (Å²) in [7, 11) is 0. The van der Waals surface area contributed by atoms with Gasteiger partial charge in [0, 0.05) is 16.7 Å². The number of Topliss-reactive ketones (excluding diaryl/α,β-unsaturated/α-hetero) is 1. The van der Waals surface area contributed by atoms with Crippen molar-refractivity contribution < 1.29 is 14.4 Å². The fraction of sp³-hybridized carbons (Fsp3) is 0.148. The third-order valence-corrected chi connectivity index (χ3v) is 5.61. The first kappa shape index (κ1) is 22.8. The Morgan fingerprint density at radius 2 is 1.50 bits per heavy atom. The molecule has 0 saturated carbocycles. The molecule has 7 heteroatoms. The van der Waals surface area contributed by atoms with Crippen LogP contribution in [0.3, 0.4) is 0 Å². The lowest BCUT2D eigenvalue weighted by molar-refractivity contribution is -0.122. The number of ketones is 2. The van der Waals surface area contributed by atoms with Crippen LogP contribution >= 0.6 is 0 Å². The summed E-state index contributed by atoms with van der Waals surface area (Å²) in [6, 6.07) is 24.0. The second-order valence-electron chi connectivity index (χ2n) is 7.95. The molecule has 1 aromatic heterocycles. The Labute approximate surface area is 197 Å². The molecule has 4 aromatic rings. The van der Waals surface area contributed by atoms with Crippen LogP contribution in [0.2, 0.25) is 0 Å². The molecule has 0 saturated heterocycles. The molecule has 7 nitrogen and oxygen atoms in total. The maximum Gasteiger partial charge on any atom is 0.227 e. The number of carbonyl (C=O) groups excluding carboxylic acids is 3. The Hall–Kier alpha value is -4.39. The highest BCUT2D eigenvalue weighted by atomic mass is 16.2. The first-order valence-electron chi connectivity index (χ1n) is 10.9. The third-order valence-electron chi connectivity index (χ3n) is 5.61. The van der Waals surface area contributed by atoms with Crippen molar-refractivity contribution in [1.82, 2.24) is 20.1 Å². The van der Waals surface area contributed by atoms with Gasteiger partial charge in [-0.25, -0.2) is 4.98 Å². The van der Waals surface area contributed by atoms with Gasteiger partial charge in [-0.1, -0.05) is 78.9 Å². The van der Waals surface area contributed by atoms with Crippen LogP contribution in [0.5, 0.6) is 0 Å². The standard InChI is InChI=1S/C27H24N4O3/c1-19(22-13-8-14-23(15-22)25(32)20-9-4-2-5-10-20)27(34)30-24(16-31-18-28-17-29-31)26(33)21-11-6-3-7-12-21/h2-15,17-19,24H,16H2,1H3,(H,30,34)/t19-,24?/m0/s1. The number of amides is 1. The van der Waals surface area contributed by atoms with Crippen LogP contribution < -0.4 is 5.32 Å². The van der Waals surface area contributed by atoms with Gasteiger partial charge in [-0.05, 0) is 18.6 Å². The van der Waals surface area contributed by atoms with E-state index in [1.165, 1.54) is 17.3 Å². The zero-order valence-electron chi connectivity index (χ0n) is 18.7. The normalized spacial score (nSPS) is 12.5. The third kappa shape index (κ3) is 5.32. The van der Waals surface area contributed by atoms with Crippen molar-refractivity contribution in [2.75, 3.05) is 0 Å². The minimum atomic E-state index is -0.826. The van der Waals surface area contributed by atoms with E-state index in [0.717, 1.165) is 0 Å². The van der Waals surface area contributed by atoms with Crippen LogP contribution in [0.1, 0.15) is 44.7 Å². The van der Waals surface area contributed by atoms with E-state index >= 15 is 0 Å². The van der Waals surface area contributed by atoms with Crippen molar-refractivity contribution in [2.45, 2.75) is 25.4 Å². The maximum atomic E-state index is 13.2. The summed E-state index contributed by atoms with van der Waals surface area (Å²) < 4.78 is 1.51. The Morgan fingerprint density at radius 3 is 2.15 bits per heavy atom. The molecule has 34 heavy (non-hydrogen) atoms. The molecule has 0 aliphatic heterocycles. The number of benzene rings is 3. The second-order valence-corrected chi connectivity index (χ2v) is 7.95. The zero-order valence-corrected chi connectivity index (χ0v) is 18.7. The van der Waals surface area contributed by atoms with Crippen molar-refractivity contribution in [2.24, 2.45) is 0 Å². The number of nitrogens with zero attached hydrogens (tertiary/aromatic N) is 3. The van der Waals surface area contributed by atoms with Crippen molar-refractivity contribution in [3.8, 4) is 0 Å². The molecule has 0 fully saturated rings. The van der Waals surface area contributed by atoms with Crippen LogP contribution in [0.15, 0.2) is 97.6 Å². The highest BCUT2D eigenvalue weighted by Crippen LogP contribution is 2.20. The molecule has 0 radical (unpaired) electrons. The highest BCUT2D eigenvalue weighted by Gasteiger charge is 2.26. The van der Waals surface area contributed by atoms with Gasteiger partial charge >= 0.3 is 0 Å². The largest absolute Gasteiger partial charge is 0.343 e. The van der Waals surface area contributed by atoms with Crippen molar-refractivity contribution in [3.63, 3.8) is 0 Å². The fourth-order valence-corrected chi connectivity index (χ4v) is 3.67. The van der Waals surface area contributed by atoms with Gasteiger partial charge in [-0.3, -0.25) is 19.1 Å². The van der Waals surface area contributed by atoms with Gasteiger partial charge in [0.05, 0.1) is 12.5 Å². The van der Waals surface area contributed by atoms with Gasteiger partial charge in [-0.2, -0.15) is 5.10 Å². The fourth-order valence-electron chi connectivity index (χ4n) is 3.67. The second kappa shape index (κ2) is 10.5. The minimum absolute atomic E-state index is 0.113. The highest BCUT2D eigenvalue weighted by molar-refractivity contribution is 6.09. The number of aromatic nitrogens is 3. The van der Waals surface area contributed by atoms with Crippen molar-refractivity contribution >= 4 is 17.5 Å². The SMILES string of the molecule is C[C@H](C(=O)NC(Cn1cncn1)C(=O)c1ccccc1)c1cccc(C(=O)c2ccccc2)c1. The summed E-state index contributed by atoms with van der Waals surface area (Å²) in [5, 5.41) is 6.94. The van der Waals surface area contributed by atoms with E-state index in [1.807, 2.05) is 24.3 Å². The predicted molar refractivity (Wildman–Crippen MR) is 127 cm³/mol. The lowest BCUT2D eigenvalue weighted by Crippen LogP contribution is -2.45. The molecule has 0 aliphatic rings. The summed E-state index contributed by atoms with van der Waals surface area (Å²) in [4.78, 5) is 43.1. The van der Waals surface area contributed by atoms with Crippen LogP contribution in [0, 0.1) is 0 Å². The molecule has 4 rings (SSSR count). The Balaban J connectivity index is 1.53.